The predicted molar refractivity (Wildman–Crippen MR) is 69.6 cm³/mol. The summed E-state index contributed by atoms with van der Waals surface area (Å²) in [6, 6.07) is 1.75. The highest BCUT2D eigenvalue weighted by Gasteiger charge is 2.15. The molecule has 0 aliphatic carbocycles. The smallest absolute Gasteiger partial charge is 0.227 e. The van der Waals surface area contributed by atoms with Crippen molar-refractivity contribution in [3.63, 3.8) is 0 Å². The molecule has 0 saturated heterocycles. The van der Waals surface area contributed by atoms with Crippen molar-refractivity contribution < 1.29 is 4.79 Å². The lowest BCUT2D eigenvalue weighted by Gasteiger charge is -2.13. The first kappa shape index (κ1) is 13.5. The zero-order valence-electron chi connectivity index (χ0n) is 9.26. The average molecular weight is 306 g/mol. The number of amides is 1. The van der Waals surface area contributed by atoms with E-state index >= 15 is 0 Å². The molecule has 0 unspecified atom stereocenters. The van der Waals surface area contributed by atoms with Crippen LogP contribution in [0.5, 0.6) is 0 Å². The van der Waals surface area contributed by atoms with Crippen LogP contribution in [0.4, 0.5) is 5.69 Å². The Morgan fingerprint density at radius 2 is 2.19 bits per heavy atom. The molecule has 1 aromatic rings. The first-order chi connectivity index (χ1) is 7.58. The number of carbonyl (C=O) groups is 1. The van der Waals surface area contributed by atoms with Crippen molar-refractivity contribution in [2.24, 2.45) is 5.92 Å². The van der Waals surface area contributed by atoms with Crippen LogP contribution < -0.4 is 5.32 Å². The van der Waals surface area contributed by atoms with Crippen LogP contribution in [0.2, 0.25) is 5.15 Å². The summed E-state index contributed by atoms with van der Waals surface area (Å²) in [6.45, 7) is 3.99. The Morgan fingerprint density at radius 3 is 2.75 bits per heavy atom. The second-order valence-electron chi connectivity index (χ2n) is 3.49. The zero-order chi connectivity index (χ0) is 12.1. The highest BCUT2D eigenvalue weighted by Crippen LogP contribution is 2.24. The Balaban J connectivity index is 2.80. The predicted octanol–water partition coefficient (Wildman–Crippen LogP) is 3.87. The SMILES string of the molecule is CCC(CC)C(=O)Nc1cc(Br)cnc1Cl. The van der Waals surface area contributed by atoms with Gasteiger partial charge in [0.05, 0.1) is 5.69 Å². The molecule has 88 valence electrons. The minimum absolute atomic E-state index is 0.00759. The number of pyridine rings is 1. The average Bonchev–Trinajstić information content (AvgIpc) is 2.25. The first-order valence-corrected chi connectivity index (χ1v) is 6.37. The van der Waals surface area contributed by atoms with E-state index in [0.29, 0.717) is 10.8 Å². The topological polar surface area (TPSA) is 42.0 Å². The van der Waals surface area contributed by atoms with Gasteiger partial charge in [-0.15, -0.1) is 0 Å². The van der Waals surface area contributed by atoms with E-state index in [1.54, 1.807) is 12.3 Å². The summed E-state index contributed by atoms with van der Waals surface area (Å²) in [5.74, 6) is 0.0156. The summed E-state index contributed by atoms with van der Waals surface area (Å²) >= 11 is 9.17. The molecule has 0 saturated carbocycles. The minimum atomic E-state index is -0.00759. The lowest BCUT2D eigenvalue weighted by molar-refractivity contribution is -0.120. The van der Waals surface area contributed by atoms with Gasteiger partial charge in [-0.1, -0.05) is 25.4 Å². The van der Waals surface area contributed by atoms with Gasteiger partial charge in [0.15, 0.2) is 5.15 Å². The fraction of sp³-hybridized carbons (Fsp3) is 0.455. The van der Waals surface area contributed by atoms with E-state index in [2.05, 4.69) is 26.2 Å². The van der Waals surface area contributed by atoms with Gasteiger partial charge < -0.3 is 5.32 Å². The summed E-state index contributed by atoms with van der Waals surface area (Å²) < 4.78 is 0.789. The number of halogens is 2. The molecular formula is C11H14BrClN2O. The highest BCUT2D eigenvalue weighted by atomic mass is 79.9. The molecule has 0 aliphatic rings. The number of rotatable bonds is 4. The number of aromatic nitrogens is 1. The molecule has 1 heterocycles. The van der Waals surface area contributed by atoms with E-state index in [0.717, 1.165) is 17.3 Å². The van der Waals surface area contributed by atoms with Gasteiger partial charge in [-0.2, -0.15) is 0 Å². The number of hydrogen-bond donors (Lipinski definition) is 1. The monoisotopic (exact) mass is 304 g/mol. The number of anilines is 1. The number of hydrogen-bond acceptors (Lipinski definition) is 2. The van der Waals surface area contributed by atoms with Crippen LogP contribution in [0.25, 0.3) is 0 Å². The van der Waals surface area contributed by atoms with E-state index in [4.69, 9.17) is 11.6 Å². The van der Waals surface area contributed by atoms with E-state index in [9.17, 15) is 4.79 Å². The molecule has 0 atom stereocenters. The molecule has 0 aromatic carbocycles. The molecule has 1 amide bonds. The van der Waals surface area contributed by atoms with Crippen LogP contribution in [0.15, 0.2) is 16.7 Å². The molecule has 1 rings (SSSR count). The fourth-order valence-electron chi connectivity index (χ4n) is 1.40. The Hall–Kier alpha value is -0.610. The van der Waals surface area contributed by atoms with Gasteiger partial charge in [-0.25, -0.2) is 4.98 Å². The van der Waals surface area contributed by atoms with Crippen molar-refractivity contribution in [2.45, 2.75) is 26.7 Å². The third-order valence-corrected chi connectivity index (χ3v) is 3.15. The van der Waals surface area contributed by atoms with Crippen molar-refractivity contribution in [3.05, 3.63) is 21.9 Å². The Morgan fingerprint density at radius 1 is 1.56 bits per heavy atom. The maximum absolute atomic E-state index is 11.8. The Kier molecular flexibility index (Phi) is 5.22. The third-order valence-electron chi connectivity index (χ3n) is 2.42. The van der Waals surface area contributed by atoms with Crippen molar-refractivity contribution in [1.29, 1.82) is 0 Å². The lowest BCUT2D eigenvalue weighted by atomic mass is 10.0. The van der Waals surface area contributed by atoms with Crippen LogP contribution in [0.1, 0.15) is 26.7 Å². The molecule has 1 aromatic heterocycles. The Labute approximate surface area is 109 Å². The third kappa shape index (κ3) is 3.46. The second-order valence-corrected chi connectivity index (χ2v) is 4.77. The zero-order valence-corrected chi connectivity index (χ0v) is 11.6. The summed E-state index contributed by atoms with van der Waals surface area (Å²) in [5.41, 5.74) is 0.549. The van der Waals surface area contributed by atoms with E-state index in [1.807, 2.05) is 13.8 Å². The van der Waals surface area contributed by atoms with Gasteiger partial charge >= 0.3 is 0 Å². The maximum Gasteiger partial charge on any atom is 0.227 e. The van der Waals surface area contributed by atoms with Crippen LogP contribution in [0.3, 0.4) is 0 Å². The van der Waals surface area contributed by atoms with Crippen molar-refractivity contribution in [3.8, 4) is 0 Å². The van der Waals surface area contributed by atoms with Crippen molar-refractivity contribution in [2.75, 3.05) is 5.32 Å². The van der Waals surface area contributed by atoms with Gasteiger partial charge in [-0.3, -0.25) is 4.79 Å². The van der Waals surface area contributed by atoms with E-state index < -0.39 is 0 Å². The van der Waals surface area contributed by atoms with Crippen molar-refractivity contribution in [1.82, 2.24) is 4.98 Å². The van der Waals surface area contributed by atoms with Crippen molar-refractivity contribution >= 4 is 39.1 Å². The summed E-state index contributed by atoms with van der Waals surface area (Å²) in [4.78, 5) is 15.8. The van der Waals surface area contributed by atoms with Gasteiger partial charge in [0.25, 0.3) is 0 Å². The van der Waals surface area contributed by atoms with Crippen LogP contribution >= 0.6 is 27.5 Å². The summed E-state index contributed by atoms with van der Waals surface area (Å²) in [7, 11) is 0. The van der Waals surface area contributed by atoms with Gasteiger partial charge in [-0.05, 0) is 34.8 Å². The van der Waals surface area contributed by atoms with Crippen LogP contribution in [0, 0.1) is 5.92 Å². The largest absolute Gasteiger partial charge is 0.323 e. The quantitative estimate of drug-likeness (QED) is 0.858. The van der Waals surface area contributed by atoms with Crippen LogP contribution in [-0.4, -0.2) is 10.9 Å². The van der Waals surface area contributed by atoms with Crippen LogP contribution in [-0.2, 0) is 4.79 Å². The lowest BCUT2D eigenvalue weighted by Crippen LogP contribution is -2.21. The molecular weight excluding hydrogens is 291 g/mol. The molecule has 0 aliphatic heterocycles. The summed E-state index contributed by atoms with van der Waals surface area (Å²) in [5, 5.41) is 3.10. The molecule has 1 N–H and O–H groups in total. The minimum Gasteiger partial charge on any atom is -0.323 e. The normalized spacial score (nSPS) is 10.6. The highest BCUT2D eigenvalue weighted by molar-refractivity contribution is 9.10. The summed E-state index contributed by atoms with van der Waals surface area (Å²) in [6.07, 6.45) is 3.23. The van der Waals surface area contributed by atoms with Gasteiger partial charge in [0, 0.05) is 16.6 Å². The van der Waals surface area contributed by atoms with Gasteiger partial charge in [0.2, 0.25) is 5.91 Å². The molecule has 0 radical (unpaired) electrons. The molecule has 5 heteroatoms. The van der Waals surface area contributed by atoms with E-state index in [1.165, 1.54) is 0 Å². The number of nitrogens with zero attached hydrogens (tertiary/aromatic N) is 1. The van der Waals surface area contributed by atoms with Gasteiger partial charge in [0.1, 0.15) is 0 Å². The number of nitrogens with one attached hydrogen (secondary N) is 1. The van der Waals surface area contributed by atoms with E-state index in [-0.39, 0.29) is 11.8 Å². The fourth-order valence-corrected chi connectivity index (χ4v) is 1.89. The second kappa shape index (κ2) is 6.21. The Bertz CT molecular complexity index is 380. The molecule has 0 spiro atoms. The maximum atomic E-state index is 11.8. The molecule has 3 nitrogen and oxygen atoms in total. The molecule has 0 fully saturated rings. The first-order valence-electron chi connectivity index (χ1n) is 5.20. The molecule has 0 bridgehead atoms. The molecule has 16 heavy (non-hydrogen) atoms. The standard InChI is InChI=1S/C11H14BrClN2O/c1-3-7(4-2)11(16)15-9-5-8(12)6-14-10(9)13/h5-7H,3-4H2,1-2H3,(H,15,16). The number of carbonyl (C=O) groups excluding carboxylic acids is 1.